The Kier molecular flexibility index (Phi) is 6.17. The van der Waals surface area contributed by atoms with Crippen molar-refractivity contribution >= 4 is 11.8 Å². The number of hydrogen-bond acceptors (Lipinski definition) is 4. The van der Waals surface area contributed by atoms with Crippen molar-refractivity contribution in [3.63, 3.8) is 0 Å². The second-order valence-corrected chi connectivity index (χ2v) is 7.84. The van der Waals surface area contributed by atoms with E-state index in [1.165, 1.54) is 16.7 Å². The lowest BCUT2D eigenvalue weighted by Crippen LogP contribution is -2.53. The molecule has 3 rings (SSSR count). The number of piperazine rings is 1. The van der Waals surface area contributed by atoms with Crippen LogP contribution in [0.1, 0.15) is 42.1 Å². The van der Waals surface area contributed by atoms with E-state index in [1.807, 2.05) is 25.7 Å². The number of nitrogens with zero attached hydrogens (tertiary/aromatic N) is 4. The average Bonchev–Trinajstić information content (AvgIpc) is 2.65. The van der Waals surface area contributed by atoms with E-state index in [0.29, 0.717) is 13.1 Å². The first-order chi connectivity index (χ1) is 13.3. The number of benzene rings is 1. The fourth-order valence-electron chi connectivity index (χ4n) is 3.64. The maximum absolute atomic E-state index is 12.3. The molecule has 0 radical (unpaired) electrons. The molecule has 2 heterocycles. The molecule has 0 bridgehead atoms. The summed E-state index contributed by atoms with van der Waals surface area (Å²) >= 11 is 0. The molecule has 6 heteroatoms. The van der Waals surface area contributed by atoms with Crippen LogP contribution in [-0.4, -0.2) is 53.1 Å². The first-order valence-corrected chi connectivity index (χ1v) is 10.0. The second-order valence-electron chi connectivity index (χ2n) is 7.84. The van der Waals surface area contributed by atoms with Crippen LogP contribution in [0.25, 0.3) is 0 Å². The average molecular weight is 382 g/mol. The fraction of sp³-hybridized carbons (Fsp3) is 0.500. The predicted molar refractivity (Wildman–Crippen MR) is 113 cm³/mol. The van der Waals surface area contributed by atoms with Crippen LogP contribution < -0.4 is 10.2 Å². The lowest BCUT2D eigenvalue weighted by atomic mass is 9.99. The fourth-order valence-corrected chi connectivity index (χ4v) is 3.64. The highest BCUT2D eigenvalue weighted by Gasteiger charge is 2.25. The van der Waals surface area contributed by atoms with E-state index >= 15 is 0 Å². The van der Waals surface area contributed by atoms with Crippen molar-refractivity contribution in [3.05, 3.63) is 52.5 Å². The third-order valence-electron chi connectivity index (χ3n) is 5.21. The molecule has 2 aromatic rings. The zero-order chi connectivity index (χ0) is 20.3. The highest BCUT2D eigenvalue weighted by atomic mass is 16.2. The summed E-state index contributed by atoms with van der Waals surface area (Å²) in [6.07, 6.45) is 0.822. The Morgan fingerprint density at radius 3 is 2.39 bits per heavy atom. The van der Waals surface area contributed by atoms with Crippen LogP contribution in [0.15, 0.2) is 24.3 Å². The molecule has 1 aromatic carbocycles. The van der Waals surface area contributed by atoms with Gasteiger partial charge in [0.25, 0.3) is 0 Å². The Bertz CT molecular complexity index is 841. The number of carbonyl (C=O) groups excluding carboxylic acids is 1. The molecule has 1 aliphatic heterocycles. The maximum Gasteiger partial charge on any atom is 0.317 e. The van der Waals surface area contributed by atoms with Crippen molar-refractivity contribution in [1.29, 1.82) is 0 Å². The molecule has 0 saturated carbocycles. The highest BCUT2D eigenvalue weighted by molar-refractivity contribution is 5.74. The van der Waals surface area contributed by atoms with Crippen LogP contribution in [-0.2, 0) is 6.42 Å². The Hall–Kier alpha value is -2.63. The lowest BCUT2D eigenvalue weighted by Gasteiger charge is -2.36. The molecule has 1 aromatic heterocycles. The van der Waals surface area contributed by atoms with Gasteiger partial charge in [0.1, 0.15) is 11.6 Å². The van der Waals surface area contributed by atoms with Gasteiger partial charge in [-0.25, -0.2) is 14.8 Å². The van der Waals surface area contributed by atoms with Gasteiger partial charge in [-0.2, -0.15) is 0 Å². The molecule has 1 aliphatic rings. The molecule has 1 saturated heterocycles. The zero-order valence-corrected chi connectivity index (χ0v) is 17.6. The third-order valence-corrected chi connectivity index (χ3v) is 5.21. The van der Waals surface area contributed by atoms with Crippen LogP contribution in [0.4, 0.5) is 10.6 Å². The SMILES string of the molecule is Cc1nc(C)c(Cc2ccccc2C)c(N2CCN(C(=O)NC(C)C)CC2)n1. The summed E-state index contributed by atoms with van der Waals surface area (Å²) in [4.78, 5) is 25.9. The summed E-state index contributed by atoms with van der Waals surface area (Å²) in [6, 6.07) is 8.64. The summed E-state index contributed by atoms with van der Waals surface area (Å²) in [7, 11) is 0. The van der Waals surface area contributed by atoms with E-state index in [0.717, 1.165) is 36.8 Å². The molecule has 28 heavy (non-hydrogen) atoms. The van der Waals surface area contributed by atoms with E-state index in [-0.39, 0.29) is 12.1 Å². The van der Waals surface area contributed by atoms with Gasteiger partial charge in [0.05, 0.1) is 0 Å². The summed E-state index contributed by atoms with van der Waals surface area (Å²) in [5.41, 5.74) is 4.79. The van der Waals surface area contributed by atoms with Gasteiger partial charge in [0.15, 0.2) is 0 Å². The van der Waals surface area contributed by atoms with Crippen molar-refractivity contribution in [3.8, 4) is 0 Å². The molecule has 6 nitrogen and oxygen atoms in total. The van der Waals surface area contributed by atoms with Crippen molar-refractivity contribution in [1.82, 2.24) is 20.2 Å². The number of hydrogen-bond donors (Lipinski definition) is 1. The summed E-state index contributed by atoms with van der Waals surface area (Å²) in [6.45, 7) is 13.1. The Balaban J connectivity index is 1.81. The molecule has 2 amide bonds. The largest absolute Gasteiger partial charge is 0.353 e. The number of amides is 2. The Morgan fingerprint density at radius 1 is 1.07 bits per heavy atom. The number of urea groups is 1. The molecule has 1 N–H and O–H groups in total. The topological polar surface area (TPSA) is 61.4 Å². The monoisotopic (exact) mass is 381 g/mol. The molecule has 0 atom stereocenters. The number of aromatic nitrogens is 2. The molecule has 0 spiro atoms. The van der Waals surface area contributed by atoms with Gasteiger partial charge in [-0.05, 0) is 45.7 Å². The van der Waals surface area contributed by atoms with Gasteiger partial charge >= 0.3 is 6.03 Å². The van der Waals surface area contributed by atoms with Gasteiger partial charge < -0.3 is 15.1 Å². The van der Waals surface area contributed by atoms with Crippen molar-refractivity contribution in [2.75, 3.05) is 31.1 Å². The van der Waals surface area contributed by atoms with Crippen LogP contribution in [0.3, 0.4) is 0 Å². The van der Waals surface area contributed by atoms with Crippen LogP contribution >= 0.6 is 0 Å². The Morgan fingerprint density at radius 2 is 1.75 bits per heavy atom. The van der Waals surface area contributed by atoms with Crippen molar-refractivity contribution in [2.24, 2.45) is 0 Å². The van der Waals surface area contributed by atoms with Crippen LogP contribution in [0, 0.1) is 20.8 Å². The van der Waals surface area contributed by atoms with Gasteiger partial charge in [-0.1, -0.05) is 24.3 Å². The molecule has 1 fully saturated rings. The zero-order valence-electron chi connectivity index (χ0n) is 17.6. The molecule has 0 aliphatic carbocycles. The smallest absolute Gasteiger partial charge is 0.317 e. The van der Waals surface area contributed by atoms with Gasteiger partial charge in [-0.15, -0.1) is 0 Å². The molecule has 150 valence electrons. The first-order valence-electron chi connectivity index (χ1n) is 10.0. The predicted octanol–water partition coefficient (Wildman–Crippen LogP) is 3.23. The standard InChI is InChI=1S/C22H31N5O/c1-15(2)23-22(28)27-12-10-26(11-13-27)21-20(17(4)24-18(5)25-21)14-19-9-7-6-8-16(19)3/h6-9,15H,10-14H2,1-5H3,(H,23,28). The minimum atomic E-state index is 0.0184. The quantitative estimate of drug-likeness (QED) is 0.883. The number of carbonyl (C=O) groups is 1. The van der Waals surface area contributed by atoms with E-state index in [4.69, 9.17) is 4.98 Å². The number of nitrogens with one attached hydrogen (secondary N) is 1. The minimum absolute atomic E-state index is 0.0184. The summed E-state index contributed by atoms with van der Waals surface area (Å²) in [5.74, 6) is 1.80. The Labute approximate surface area is 168 Å². The number of rotatable bonds is 4. The van der Waals surface area contributed by atoms with Gasteiger partial charge in [0, 0.05) is 49.9 Å². The summed E-state index contributed by atoms with van der Waals surface area (Å²) in [5, 5.41) is 2.98. The molecular weight excluding hydrogens is 350 g/mol. The lowest BCUT2D eigenvalue weighted by molar-refractivity contribution is 0.191. The van der Waals surface area contributed by atoms with Crippen LogP contribution in [0.5, 0.6) is 0 Å². The van der Waals surface area contributed by atoms with E-state index < -0.39 is 0 Å². The second kappa shape index (κ2) is 8.59. The highest BCUT2D eigenvalue weighted by Crippen LogP contribution is 2.26. The maximum atomic E-state index is 12.3. The van der Waals surface area contributed by atoms with Gasteiger partial charge in [0.2, 0.25) is 0 Å². The number of anilines is 1. The van der Waals surface area contributed by atoms with E-state index in [1.54, 1.807) is 0 Å². The van der Waals surface area contributed by atoms with Crippen LogP contribution in [0.2, 0.25) is 0 Å². The number of aryl methyl sites for hydroxylation is 3. The van der Waals surface area contributed by atoms with Crippen molar-refractivity contribution in [2.45, 2.75) is 47.1 Å². The minimum Gasteiger partial charge on any atom is -0.353 e. The first kappa shape index (κ1) is 20.1. The summed E-state index contributed by atoms with van der Waals surface area (Å²) < 4.78 is 0. The normalized spacial score (nSPS) is 14.5. The van der Waals surface area contributed by atoms with E-state index in [2.05, 4.69) is 53.3 Å². The third kappa shape index (κ3) is 4.61. The van der Waals surface area contributed by atoms with Gasteiger partial charge in [-0.3, -0.25) is 0 Å². The molecule has 0 unspecified atom stereocenters. The van der Waals surface area contributed by atoms with E-state index in [9.17, 15) is 4.79 Å². The molecular formula is C22H31N5O. The van der Waals surface area contributed by atoms with Crippen molar-refractivity contribution < 1.29 is 4.79 Å².